The van der Waals surface area contributed by atoms with Crippen molar-refractivity contribution in [2.75, 3.05) is 39.5 Å². The normalized spacial score (nSPS) is 14.4. The quantitative estimate of drug-likeness (QED) is 0.378. The third kappa shape index (κ3) is 5.06. The highest BCUT2D eigenvalue weighted by molar-refractivity contribution is 7.22. The number of fused-ring (bicyclic) bond motifs is 1. The molecule has 3 aromatic carbocycles. The minimum absolute atomic E-state index is 0.00965. The molecule has 170 valence electrons. The van der Waals surface area contributed by atoms with E-state index in [1.807, 2.05) is 42.5 Å². The van der Waals surface area contributed by atoms with E-state index in [-0.39, 0.29) is 17.2 Å². The number of hydrogen-bond donors (Lipinski definition) is 2. The standard InChI is InChI=1S/C26H25NO5S/c28-22-17-23(29)24(16-21(22)26-15-18-3-1-2-4-25(18)33-26)32-20-7-5-19(6-8-20)31-14-11-27-9-12-30-13-10-27/h1-8,15-17,28-29H,9-14H2. The number of rotatable bonds is 7. The molecule has 5 rings (SSSR count). The van der Waals surface area contributed by atoms with Crippen LogP contribution in [0.25, 0.3) is 20.5 Å². The Morgan fingerprint density at radius 1 is 0.879 bits per heavy atom. The van der Waals surface area contributed by atoms with Crippen molar-refractivity contribution in [2.45, 2.75) is 0 Å². The molecule has 0 unspecified atom stereocenters. The largest absolute Gasteiger partial charge is 0.507 e. The Morgan fingerprint density at radius 2 is 1.64 bits per heavy atom. The molecule has 0 aliphatic carbocycles. The van der Waals surface area contributed by atoms with Crippen LogP contribution in [0.1, 0.15) is 0 Å². The lowest BCUT2D eigenvalue weighted by molar-refractivity contribution is 0.0322. The van der Waals surface area contributed by atoms with Gasteiger partial charge in [0.05, 0.1) is 13.2 Å². The van der Waals surface area contributed by atoms with E-state index in [2.05, 4.69) is 4.90 Å². The Kier molecular flexibility index (Phi) is 6.35. The van der Waals surface area contributed by atoms with Crippen molar-refractivity contribution in [3.8, 4) is 39.2 Å². The van der Waals surface area contributed by atoms with Gasteiger partial charge in [-0.2, -0.15) is 0 Å². The lowest BCUT2D eigenvalue weighted by Gasteiger charge is -2.26. The second-order valence-electron chi connectivity index (χ2n) is 7.86. The van der Waals surface area contributed by atoms with Gasteiger partial charge in [0.15, 0.2) is 11.5 Å². The van der Waals surface area contributed by atoms with Crippen LogP contribution < -0.4 is 9.47 Å². The van der Waals surface area contributed by atoms with Crippen molar-refractivity contribution in [1.29, 1.82) is 0 Å². The SMILES string of the molecule is Oc1cc(O)c(-c2cc3ccccc3s2)cc1Oc1ccc(OCCN2CCOCC2)cc1. The molecule has 6 nitrogen and oxygen atoms in total. The van der Waals surface area contributed by atoms with Crippen molar-refractivity contribution in [1.82, 2.24) is 4.90 Å². The van der Waals surface area contributed by atoms with Gasteiger partial charge in [-0.15, -0.1) is 11.3 Å². The van der Waals surface area contributed by atoms with Gasteiger partial charge in [-0.05, 0) is 47.9 Å². The molecule has 0 radical (unpaired) electrons. The smallest absolute Gasteiger partial charge is 0.169 e. The molecule has 1 fully saturated rings. The maximum absolute atomic E-state index is 10.4. The summed E-state index contributed by atoms with van der Waals surface area (Å²) in [5.74, 6) is 1.50. The summed E-state index contributed by atoms with van der Waals surface area (Å²) in [5.41, 5.74) is 0.618. The number of nitrogens with zero attached hydrogens (tertiary/aromatic N) is 1. The van der Waals surface area contributed by atoms with Crippen LogP contribution in [-0.2, 0) is 4.74 Å². The summed E-state index contributed by atoms with van der Waals surface area (Å²) >= 11 is 1.58. The number of aromatic hydroxyl groups is 2. The third-order valence-corrected chi connectivity index (χ3v) is 6.75. The van der Waals surface area contributed by atoms with Crippen molar-refractivity contribution in [3.63, 3.8) is 0 Å². The fourth-order valence-electron chi connectivity index (χ4n) is 3.80. The van der Waals surface area contributed by atoms with E-state index in [0.29, 0.717) is 17.9 Å². The third-order valence-electron chi connectivity index (χ3n) is 5.60. The van der Waals surface area contributed by atoms with E-state index in [1.54, 1.807) is 29.5 Å². The summed E-state index contributed by atoms with van der Waals surface area (Å²) in [6.07, 6.45) is 0. The van der Waals surface area contributed by atoms with Crippen LogP contribution in [0.3, 0.4) is 0 Å². The van der Waals surface area contributed by atoms with Crippen LogP contribution in [0.5, 0.6) is 28.7 Å². The lowest BCUT2D eigenvalue weighted by atomic mass is 10.1. The van der Waals surface area contributed by atoms with Gasteiger partial charge >= 0.3 is 0 Å². The first-order valence-corrected chi connectivity index (χ1v) is 11.7. The predicted molar refractivity (Wildman–Crippen MR) is 130 cm³/mol. The van der Waals surface area contributed by atoms with Crippen molar-refractivity contribution in [3.05, 3.63) is 66.7 Å². The first-order valence-electron chi connectivity index (χ1n) is 10.9. The van der Waals surface area contributed by atoms with Crippen LogP contribution >= 0.6 is 11.3 Å². The van der Waals surface area contributed by atoms with Gasteiger partial charge in [-0.3, -0.25) is 4.90 Å². The van der Waals surface area contributed by atoms with Crippen LogP contribution in [0, 0.1) is 0 Å². The minimum Gasteiger partial charge on any atom is -0.507 e. The molecule has 33 heavy (non-hydrogen) atoms. The zero-order chi connectivity index (χ0) is 22.6. The van der Waals surface area contributed by atoms with Crippen LogP contribution in [0.2, 0.25) is 0 Å². The van der Waals surface area contributed by atoms with Crippen molar-refractivity contribution >= 4 is 21.4 Å². The Bertz CT molecular complexity index is 1200. The zero-order valence-corrected chi connectivity index (χ0v) is 18.9. The second-order valence-corrected chi connectivity index (χ2v) is 8.95. The summed E-state index contributed by atoms with van der Waals surface area (Å²) in [6.45, 7) is 4.91. The van der Waals surface area contributed by atoms with Gasteiger partial charge < -0.3 is 24.4 Å². The highest BCUT2D eigenvalue weighted by Crippen LogP contribution is 2.44. The maximum Gasteiger partial charge on any atom is 0.169 e. The number of phenols is 2. The molecular formula is C26H25NO5S. The monoisotopic (exact) mass is 463 g/mol. The molecule has 1 saturated heterocycles. The summed E-state index contributed by atoms with van der Waals surface area (Å²) < 4.78 is 18.3. The second kappa shape index (κ2) is 9.70. The fraction of sp³-hybridized carbons (Fsp3) is 0.231. The predicted octanol–water partition coefficient (Wildman–Crippen LogP) is 5.48. The number of hydrogen-bond acceptors (Lipinski definition) is 7. The van der Waals surface area contributed by atoms with E-state index < -0.39 is 0 Å². The van der Waals surface area contributed by atoms with E-state index >= 15 is 0 Å². The molecule has 0 bridgehead atoms. The topological polar surface area (TPSA) is 71.4 Å². The molecule has 2 heterocycles. The number of thiophene rings is 1. The van der Waals surface area contributed by atoms with Gasteiger partial charge in [-0.1, -0.05) is 18.2 Å². The Morgan fingerprint density at radius 3 is 2.42 bits per heavy atom. The lowest BCUT2D eigenvalue weighted by Crippen LogP contribution is -2.38. The Hall–Kier alpha value is -3.26. The number of benzene rings is 3. The molecule has 0 saturated carbocycles. The summed E-state index contributed by atoms with van der Waals surface area (Å²) in [5, 5.41) is 21.9. The van der Waals surface area contributed by atoms with Crippen molar-refractivity contribution < 1.29 is 24.4 Å². The highest BCUT2D eigenvalue weighted by atomic mass is 32.1. The average Bonchev–Trinajstić information content (AvgIpc) is 3.26. The first-order chi connectivity index (χ1) is 16.2. The van der Waals surface area contributed by atoms with Crippen LogP contribution in [-0.4, -0.2) is 54.6 Å². The van der Waals surface area contributed by atoms with E-state index in [1.165, 1.54) is 6.07 Å². The number of ether oxygens (including phenoxy) is 3. The van der Waals surface area contributed by atoms with E-state index in [4.69, 9.17) is 14.2 Å². The molecule has 1 aliphatic heterocycles. The molecule has 2 N–H and O–H groups in total. The molecule has 7 heteroatoms. The van der Waals surface area contributed by atoms with Crippen molar-refractivity contribution in [2.24, 2.45) is 0 Å². The number of morpholine rings is 1. The summed E-state index contributed by atoms with van der Waals surface area (Å²) in [4.78, 5) is 3.23. The van der Waals surface area contributed by atoms with Crippen LogP contribution in [0.4, 0.5) is 0 Å². The number of phenolic OH excluding ortho intramolecular Hbond substituents is 2. The first kappa shape index (κ1) is 21.6. The van der Waals surface area contributed by atoms with E-state index in [9.17, 15) is 10.2 Å². The minimum atomic E-state index is -0.122. The Balaban J connectivity index is 1.27. The van der Waals surface area contributed by atoms with Crippen LogP contribution in [0.15, 0.2) is 66.7 Å². The zero-order valence-electron chi connectivity index (χ0n) is 18.1. The Labute approximate surface area is 196 Å². The molecule has 0 spiro atoms. The van der Waals surface area contributed by atoms with Gasteiger partial charge in [0.1, 0.15) is 23.9 Å². The molecule has 1 aromatic heterocycles. The molecule has 1 aliphatic rings. The average molecular weight is 464 g/mol. The molecule has 0 atom stereocenters. The molecular weight excluding hydrogens is 438 g/mol. The van der Waals surface area contributed by atoms with Gasteiger partial charge in [0, 0.05) is 40.8 Å². The summed E-state index contributed by atoms with van der Waals surface area (Å²) in [6, 6.07) is 20.4. The maximum atomic E-state index is 10.4. The molecule has 0 amide bonds. The van der Waals surface area contributed by atoms with Gasteiger partial charge in [0.2, 0.25) is 0 Å². The fourth-order valence-corrected chi connectivity index (χ4v) is 4.89. The van der Waals surface area contributed by atoms with Gasteiger partial charge in [-0.25, -0.2) is 0 Å². The molecule has 4 aromatic rings. The van der Waals surface area contributed by atoms with Gasteiger partial charge in [0.25, 0.3) is 0 Å². The highest BCUT2D eigenvalue weighted by Gasteiger charge is 2.15. The van der Waals surface area contributed by atoms with E-state index in [0.717, 1.165) is 53.6 Å². The summed E-state index contributed by atoms with van der Waals surface area (Å²) in [7, 11) is 0.